The lowest BCUT2D eigenvalue weighted by atomic mass is 10.0. The first kappa shape index (κ1) is 54.8. The Labute approximate surface area is 486 Å². The average molecular weight is 1120 g/mol. The zero-order chi connectivity index (χ0) is 58.3. The lowest BCUT2D eigenvalue weighted by Crippen LogP contribution is -2.47. The van der Waals surface area contributed by atoms with Gasteiger partial charge in [0, 0.05) is 121 Å². The minimum Gasteiger partial charge on any atom is -0.368 e. The fourth-order valence-electron chi connectivity index (χ4n) is 11.5. The van der Waals surface area contributed by atoms with Crippen molar-refractivity contribution >= 4 is 41.1 Å². The van der Waals surface area contributed by atoms with Gasteiger partial charge in [-0.2, -0.15) is 0 Å². The Bertz CT molecular complexity index is 4070. The molecule has 2 fully saturated rings. The molecule has 2 aliphatic heterocycles. The van der Waals surface area contributed by atoms with Crippen LogP contribution in [-0.4, -0.2) is 158 Å². The van der Waals surface area contributed by atoms with Crippen LogP contribution < -0.4 is 17.2 Å². The van der Waals surface area contributed by atoms with Crippen molar-refractivity contribution in [3.63, 3.8) is 0 Å². The van der Waals surface area contributed by atoms with E-state index in [1.807, 2.05) is 141 Å². The molecular weight excluding hydrogens is 1050 g/mol. The summed E-state index contributed by atoms with van der Waals surface area (Å²) in [5.74, 6) is 0.225. The van der Waals surface area contributed by atoms with Crippen LogP contribution >= 0.6 is 0 Å². The largest absolute Gasteiger partial charge is 0.368 e. The second-order valence-corrected chi connectivity index (χ2v) is 22.0. The number of carbonyl (C=O) groups is 4. The molecule has 0 spiro atoms. The standard InChI is InChI=1S/C23H21N5O2.C23H23N5O.C20H18N4O/c1-27-9-11-28(12-10-27)22(30)15-7-8-16-17(13-15)20-18(21(16)29)19(25-23(24)26-20)14-5-3-2-4-6-14;1-27-9-11-28(12-10-27)14-15-7-8-17-18(13-15)21-19(22(17)29)20(25-23(24)26-21)16-5-3-2-4-6-16;1-24(2)11-12-8-9-14-15(10-12)18-16(19(14)25)17(22-20(21)23-18)13-6-4-3-5-7-13/h2-8,13H,9-12H2,1H3,(H2,24,25,26);2-8,13H,9-12,14H2,1H3,(H2,24,25,26);3-10H,11H2,1-2H3,(H2,21,22,23). The van der Waals surface area contributed by atoms with Crippen LogP contribution in [0.4, 0.5) is 17.8 Å². The molecule has 2 saturated heterocycles. The van der Waals surface area contributed by atoms with Crippen LogP contribution in [-0.2, 0) is 13.1 Å². The number of piperazine rings is 2. The number of amides is 1. The average Bonchev–Trinajstić information content (AvgIpc) is 2.23. The molecule has 18 heteroatoms. The number of aromatic nitrogens is 6. The predicted molar refractivity (Wildman–Crippen MR) is 326 cm³/mol. The summed E-state index contributed by atoms with van der Waals surface area (Å²) in [7, 11) is 8.23. The van der Waals surface area contributed by atoms with Crippen molar-refractivity contribution in [3.05, 3.63) is 196 Å². The summed E-state index contributed by atoms with van der Waals surface area (Å²) in [4.78, 5) is 89.7. The minimum absolute atomic E-state index is 0.0278. The fourth-order valence-corrected chi connectivity index (χ4v) is 11.5. The topological polar surface area (TPSA) is 240 Å². The molecule has 420 valence electrons. The van der Waals surface area contributed by atoms with Crippen LogP contribution in [0.2, 0.25) is 0 Å². The second kappa shape index (κ2) is 22.9. The fraction of sp³-hybridized carbons (Fsp3) is 0.212. The van der Waals surface area contributed by atoms with Crippen LogP contribution in [0.15, 0.2) is 146 Å². The summed E-state index contributed by atoms with van der Waals surface area (Å²) >= 11 is 0. The van der Waals surface area contributed by atoms with Gasteiger partial charge in [0.2, 0.25) is 17.8 Å². The first-order chi connectivity index (χ1) is 40.7. The second-order valence-electron chi connectivity index (χ2n) is 22.0. The van der Waals surface area contributed by atoms with E-state index in [1.54, 1.807) is 18.2 Å². The van der Waals surface area contributed by atoms with Crippen LogP contribution in [0.25, 0.3) is 67.5 Å². The number of nitrogens with zero attached hydrogens (tertiary/aromatic N) is 11. The van der Waals surface area contributed by atoms with Gasteiger partial charge in [0.05, 0.1) is 50.9 Å². The number of rotatable bonds is 8. The molecule has 0 unspecified atom stereocenters. The first-order valence-electron chi connectivity index (χ1n) is 27.9. The monoisotopic (exact) mass is 1110 g/mol. The molecular formula is C66H62N14O4. The van der Waals surface area contributed by atoms with E-state index in [1.165, 1.54) is 5.56 Å². The molecule has 14 rings (SSSR count). The van der Waals surface area contributed by atoms with Crippen molar-refractivity contribution in [2.24, 2.45) is 0 Å². The molecule has 84 heavy (non-hydrogen) atoms. The number of likely N-dealkylation sites (N-methyl/N-ethyl adjacent to an activating group) is 2. The molecule has 3 aromatic heterocycles. The zero-order valence-electron chi connectivity index (χ0n) is 47.2. The lowest BCUT2D eigenvalue weighted by Gasteiger charge is -2.32. The third-order valence-corrected chi connectivity index (χ3v) is 15.8. The van der Waals surface area contributed by atoms with Crippen molar-refractivity contribution in [1.82, 2.24) is 54.4 Å². The van der Waals surface area contributed by atoms with Gasteiger partial charge in [-0.25, -0.2) is 29.9 Å². The van der Waals surface area contributed by atoms with Gasteiger partial charge >= 0.3 is 0 Å². The molecule has 3 aliphatic carbocycles. The van der Waals surface area contributed by atoms with Crippen LogP contribution in [0.5, 0.6) is 0 Å². The maximum Gasteiger partial charge on any atom is 0.253 e. The molecule has 0 radical (unpaired) electrons. The Kier molecular flexibility index (Phi) is 15.0. The summed E-state index contributed by atoms with van der Waals surface area (Å²) in [5.41, 5.74) is 32.6. The highest BCUT2D eigenvalue weighted by Gasteiger charge is 2.36. The van der Waals surface area contributed by atoms with Crippen LogP contribution in [0.3, 0.4) is 0 Å². The Hall–Kier alpha value is -9.72. The number of anilines is 3. The Balaban J connectivity index is 0.000000125. The van der Waals surface area contributed by atoms with E-state index in [4.69, 9.17) is 17.2 Å². The Morgan fingerprint density at radius 2 is 0.786 bits per heavy atom. The van der Waals surface area contributed by atoms with Crippen LogP contribution in [0, 0.1) is 0 Å². The molecule has 5 aliphatic rings. The summed E-state index contributed by atoms with van der Waals surface area (Å²) in [6.07, 6.45) is 0. The zero-order valence-corrected chi connectivity index (χ0v) is 47.2. The van der Waals surface area contributed by atoms with E-state index >= 15 is 0 Å². The number of hydrogen-bond acceptors (Lipinski definition) is 17. The van der Waals surface area contributed by atoms with Crippen molar-refractivity contribution < 1.29 is 19.2 Å². The highest BCUT2D eigenvalue weighted by Crippen LogP contribution is 2.44. The Morgan fingerprint density at radius 3 is 1.20 bits per heavy atom. The third kappa shape index (κ3) is 10.7. The highest BCUT2D eigenvalue weighted by molar-refractivity contribution is 6.25. The van der Waals surface area contributed by atoms with E-state index < -0.39 is 0 Å². The first-order valence-corrected chi connectivity index (χ1v) is 27.9. The number of nitrogens with two attached hydrogens (primary N) is 3. The van der Waals surface area contributed by atoms with Gasteiger partial charge < -0.3 is 36.8 Å². The number of fused-ring (bicyclic) bond motifs is 9. The summed E-state index contributed by atoms with van der Waals surface area (Å²) < 4.78 is 0. The lowest BCUT2D eigenvalue weighted by molar-refractivity contribution is 0.0663. The molecule has 0 atom stereocenters. The summed E-state index contributed by atoms with van der Waals surface area (Å²) in [6, 6.07) is 45.9. The van der Waals surface area contributed by atoms with Crippen molar-refractivity contribution in [3.8, 4) is 67.5 Å². The molecule has 6 aromatic carbocycles. The van der Waals surface area contributed by atoms with Crippen molar-refractivity contribution in [1.29, 1.82) is 0 Å². The van der Waals surface area contributed by atoms with Gasteiger partial charge in [-0.05, 0) is 69.6 Å². The van der Waals surface area contributed by atoms with E-state index in [2.05, 4.69) is 68.7 Å². The molecule has 9 aromatic rings. The number of nitrogen functional groups attached to an aromatic ring is 3. The van der Waals surface area contributed by atoms with Gasteiger partial charge in [-0.3, -0.25) is 24.1 Å². The highest BCUT2D eigenvalue weighted by atomic mass is 16.2. The summed E-state index contributed by atoms with van der Waals surface area (Å²) in [6.45, 7) is 9.01. The SMILES string of the molecule is CN(C)Cc1ccc2c(c1)-c1nc(N)nc(-c3ccccc3)c1C2=O.CN1CCN(C(=O)c2ccc3c(c2)-c2nc(N)nc(-c4ccccc4)c2C3=O)CC1.CN1CCN(Cc2ccc3c(c2)-c2nc(N)nc(-c4ccccc4)c2C3=O)CC1. The predicted octanol–water partition coefficient (Wildman–Crippen LogP) is 8.01. The number of carbonyl (C=O) groups excluding carboxylic acids is 4. The molecule has 18 nitrogen and oxygen atoms in total. The van der Waals surface area contributed by atoms with Crippen molar-refractivity contribution in [2.45, 2.75) is 13.1 Å². The maximum absolute atomic E-state index is 13.2. The molecule has 6 N–H and O–H groups in total. The smallest absolute Gasteiger partial charge is 0.253 e. The minimum atomic E-state index is -0.141. The van der Waals surface area contributed by atoms with Gasteiger partial charge in [-0.15, -0.1) is 0 Å². The normalized spacial score (nSPS) is 15.1. The van der Waals surface area contributed by atoms with Gasteiger partial charge in [-0.1, -0.05) is 115 Å². The van der Waals surface area contributed by atoms with Gasteiger partial charge in [0.1, 0.15) is 0 Å². The molecule has 5 heterocycles. The number of ketones is 3. The summed E-state index contributed by atoms with van der Waals surface area (Å²) in [5, 5.41) is 0. The molecule has 0 saturated carbocycles. The van der Waals surface area contributed by atoms with E-state index in [-0.39, 0.29) is 41.1 Å². The molecule has 0 bridgehead atoms. The van der Waals surface area contributed by atoms with Crippen LogP contribution in [0.1, 0.15) is 69.2 Å². The maximum atomic E-state index is 13.2. The van der Waals surface area contributed by atoms with Gasteiger partial charge in [0.15, 0.2) is 17.3 Å². The number of benzene rings is 6. The quantitative estimate of drug-likeness (QED) is 0.131. The van der Waals surface area contributed by atoms with E-state index in [0.29, 0.717) is 91.8 Å². The molecule has 1 amide bonds. The Morgan fingerprint density at radius 1 is 0.429 bits per heavy atom. The van der Waals surface area contributed by atoms with Gasteiger partial charge in [0.25, 0.3) is 5.91 Å². The van der Waals surface area contributed by atoms with E-state index in [9.17, 15) is 19.2 Å². The van der Waals surface area contributed by atoms with Crippen molar-refractivity contribution in [2.75, 3.05) is 97.7 Å². The third-order valence-electron chi connectivity index (χ3n) is 15.8. The van der Waals surface area contributed by atoms with E-state index in [0.717, 1.165) is 85.7 Å². The number of hydrogen-bond donors (Lipinski definition) is 3.